The molecule has 0 fully saturated rings. The Morgan fingerprint density at radius 2 is 1.94 bits per heavy atom. The molecule has 0 unspecified atom stereocenters. The highest BCUT2D eigenvalue weighted by atomic mass is 79.9. The second-order valence-corrected chi connectivity index (χ2v) is 5.80. The fourth-order valence-corrected chi connectivity index (χ4v) is 2.34. The van der Waals surface area contributed by atoms with E-state index in [0.29, 0.717) is 12.0 Å². The van der Waals surface area contributed by atoms with E-state index in [-0.39, 0.29) is 0 Å². The van der Waals surface area contributed by atoms with Crippen molar-refractivity contribution in [1.82, 2.24) is 0 Å². The van der Waals surface area contributed by atoms with Crippen molar-refractivity contribution in [2.24, 2.45) is 5.92 Å². The van der Waals surface area contributed by atoms with Crippen molar-refractivity contribution in [3.8, 4) is 6.07 Å². The van der Waals surface area contributed by atoms with Gasteiger partial charge in [0.05, 0.1) is 11.3 Å². The molecule has 1 aromatic carbocycles. The van der Waals surface area contributed by atoms with Crippen molar-refractivity contribution in [2.75, 3.05) is 11.4 Å². The number of halogens is 1. The first-order chi connectivity index (χ1) is 8.49. The van der Waals surface area contributed by atoms with Gasteiger partial charge in [-0.3, -0.25) is 0 Å². The normalized spacial score (nSPS) is 10.8. The summed E-state index contributed by atoms with van der Waals surface area (Å²) in [7, 11) is 0. The van der Waals surface area contributed by atoms with Crippen LogP contribution in [0, 0.1) is 17.2 Å². The van der Waals surface area contributed by atoms with Gasteiger partial charge in [0.15, 0.2) is 0 Å². The molecule has 0 N–H and O–H groups in total. The zero-order valence-electron chi connectivity index (χ0n) is 11.6. The lowest BCUT2D eigenvalue weighted by Gasteiger charge is -2.31. The number of hydrogen-bond donors (Lipinski definition) is 0. The summed E-state index contributed by atoms with van der Waals surface area (Å²) in [4.78, 5) is 2.31. The molecule has 0 saturated carbocycles. The summed E-state index contributed by atoms with van der Waals surface area (Å²) >= 11 is 3.43. The van der Waals surface area contributed by atoms with E-state index in [1.807, 2.05) is 6.07 Å². The van der Waals surface area contributed by atoms with Gasteiger partial charge in [-0.25, -0.2) is 0 Å². The summed E-state index contributed by atoms with van der Waals surface area (Å²) in [5.74, 6) is 0.579. The van der Waals surface area contributed by atoms with E-state index in [9.17, 15) is 5.26 Å². The Labute approximate surface area is 119 Å². The third-order valence-electron chi connectivity index (χ3n) is 2.83. The van der Waals surface area contributed by atoms with Gasteiger partial charge in [-0.05, 0) is 37.5 Å². The standard InChI is InChI=1S/C15H21BrN2/c1-11(2)10-18(12(3)4)15-6-5-13(8-16)7-14(15)9-17/h5-7,11-12H,8,10H2,1-4H3. The number of alkyl halides is 1. The Morgan fingerprint density at radius 3 is 2.39 bits per heavy atom. The average molecular weight is 309 g/mol. The number of rotatable bonds is 5. The summed E-state index contributed by atoms with van der Waals surface area (Å²) in [5.41, 5.74) is 2.95. The fourth-order valence-electron chi connectivity index (χ4n) is 1.99. The van der Waals surface area contributed by atoms with E-state index in [4.69, 9.17) is 0 Å². The van der Waals surface area contributed by atoms with E-state index in [1.165, 1.54) is 0 Å². The molecule has 1 aromatic rings. The van der Waals surface area contributed by atoms with Gasteiger partial charge in [0.1, 0.15) is 6.07 Å². The van der Waals surface area contributed by atoms with E-state index in [1.54, 1.807) is 0 Å². The third-order valence-corrected chi connectivity index (χ3v) is 3.48. The van der Waals surface area contributed by atoms with Crippen molar-refractivity contribution in [2.45, 2.75) is 39.1 Å². The molecule has 0 atom stereocenters. The topological polar surface area (TPSA) is 27.0 Å². The van der Waals surface area contributed by atoms with Gasteiger partial charge in [-0.15, -0.1) is 0 Å². The molecule has 18 heavy (non-hydrogen) atoms. The zero-order valence-corrected chi connectivity index (χ0v) is 13.2. The molecule has 0 aliphatic rings. The van der Waals surface area contributed by atoms with Gasteiger partial charge in [-0.1, -0.05) is 35.8 Å². The molecule has 98 valence electrons. The second-order valence-electron chi connectivity index (χ2n) is 5.24. The number of anilines is 1. The van der Waals surface area contributed by atoms with Gasteiger partial charge in [-0.2, -0.15) is 5.26 Å². The Bertz CT molecular complexity index is 433. The van der Waals surface area contributed by atoms with Crippen LogP contribution in [-0.4, -0.2) is 12.6 Å². The molecule has 1 rings (SSSR count). The lowest BCUT2D eigenvalue weighted by Crippen LogP contribution is -2.34. The molecule has 0 bridgehead atoms. The minimum absolute atomic E-state index is 0.398. The van der Waals surface area contributed by atoms with Crippen LogP contribution < -0.4 is 4.90 Å². The van der Waals surface area contributed by atoms with Crippen molar-refractivity contribution in [1.29, 1.82) is 5.26 Å². The number of hydrogen-bond acceptors (Lipinski definition) is 2. The van der Waals surface area contributed by atoms with E-state index < -0.39 is 0 Å². The van der Waals surface area contributed by atoms with E-state index >= 15 is 0 Å². The van der Waals surface area contributed by atoms with Crippen molar-refractivity contribution < 1.29 is 0 Å². The maximum absolute atomic E-state index is 9.31. The molecular weight excluding hydrogens is 288 g/mol. The van der Waals surface area contributed by atoms with Crippen molar-refractivity contribution >= 4 is 21.6 Å². The average Bonchev–Trinajstić information content (AvgIpc) is 2.34. The van der Waals surface area contributed by atoms with Crippen LogP contribution in [0.5, 0.6) is 0 Å². The third kappa shape index (κ3) is 3.74. The number of benzene rings is 1. The minimum atomic E-state index is 0.398. The summed E-state index contributed by atoms with van der Waals surface area (Å²) in [6, 6.07) is 8.84. The summed E-state index contributed by atoms with van der Waals surface area (Å²) in [5, 5.41) is 10.1. The van der Waals surface area contributed by atoms with Crippen LogP contribution >= 0.6 is 15.9 Å². The van der Waals surface area contributed by atoms with Gasteiger partial charge >= 0.3 is 0 Å². The van der Waals surface area contributed by atoms with Crippen molar-refractivity contribution in [3.63, 3.8) is 0 Å². The predicted molar refractivity (Wildman–Crippen MR) is 81.1 cm³/mol. The first kappa shape index (κ1) is 15.0. The number of nitrogens with zero attached hydrogens (tertiary/aromatic N) is 2. The Morgan fingerprint density at radius 1 is 1.28 bits per heavy atom. The quantitative estimate of drug-likeness (QED) is 0.757. The van der Waals surface area contributed by atoms with Gasteiger partial charge in [0.25, 0.3) is 0 Å². The zero-order chi connectivity index (χ0) is 13.7. The number of nitriles is 1. The maximum atomic E-state index is 9.31. The molecule has 0 aliphatic carbocycles. The van der Waals surface area contributed by atoms with Crippen molar-refractivity contribution in [3.05, 3.63) is 29.3 Å². The van der Waals surface area contributed by atoms with E-state index in [0.717, 1.165) is 28.7 Å². The Balaban J connectivity index is 3.16. The molecule has 0 amide bonds. The van der Waals surface area contributed by atoms with Crippen LogP contribution in [0.2, 0.25) is 0 Å². The molecule has 0 saturated heterocycles. The smallest absolute Gasteiger partial charge is 0.101 e. The lowest BCUT2D eigenvalue weighted by atomic mass is 10.1. The molecular formula is C15H21BrN2. The van der Waals surface area contributed by atoms with Crippen LogP contribution in [0.15, 0.2) is 18.2 Å². The van der Waals surface area contributed by atoms with Crippen LogP contribution in [-0.2, 0) is 5.33 Å². The molecule has 0 radical (unpaired) electrons. The minimum Gasteiger partial charge on any atom is -0.368 e. The molecule has 0 spiro atoms. The van der Waals surface area contributed by atoms with Crippen LogP contribution in [0.3, 0.4) is 0 Å². The maximum Gasteiger partial charge on any atom is 0.101 e. The summed E-state index contributed by atoms with van der Waals surface area (Å²) in [6.07, 6.45) is 0. The van der Waals surface area contributed by atoms with Gasteiger partial charge in [0.2, 0.25) is 0 Å². The van der Waals surface area contributed by atoms with Gasteiger partial charge in [0, 0.05) is 17.9 Å². The SMILES string of the molecule is CC(C)CN(c1ccc(CBr)cc1C#N)C(C)C. The first-order valence-corrected chi connectivity index (χ1v) is 7.47. The molecule has 0 aromatic heterocycles. The summed E-state index contributed by atoms with van der Waals surface area (Å²) in [6.45, 7) is 9.71. The molecule has 3 heteroatoms. The predicted octanol–water partition coefficient (Wildman–Crippen LogP) is 4.32. The van der Waals surface area contributed by atoms with Gasteiger partial charge < -0.3 is 4.90 Å². The second kappa shape index (κ2) is 6.80. The van der Waals surface area contributed by atoms with Crippen LogP contribution in [0.1, 0.15) is 38.8 Å². The highest BCUT2D eigenvalue weighted by Crippen LogP contribution is 2.25. The molecule has 2 nitrogen and oxygen atoms in total. The largest absolute Gasteiger partial charge is 0.368 e. The van der Waals surface area contributed by atoms with Crippen LogP contribution in [0.4, 0.5) is 5.69 Å². The highest BCUT2D eigenvalue weighted by Gasteiger charge is 2.16. The monoisotopic (exact) mass is 308 g/mol. The highest BCUT2D eigenvalue weighted by molar-refractivity contribution is 9.08. The lowest BCUT2D eigenvalue weighted by molar-refractivity contribution is 0.570. The summed E-state index contributed by atoms with van der Waals surface area (Å²) < 4.78 is 0. The fraction of sp³-hybridized carbons (Fsp3) is 0.533. The van der Waals surface area contributed by atoms with Crippen LogP contribution in [0.25, 0.3) is 0 Å². The Kier molecular flexibility index (Phi) is 5.68. The molecule has 0 heterocycles. The van der Waals surface area contributed by atoms with E-state index in [2.05, 4.69) is 66.7 Å². The Hall–Kier alpha value is -1.01. The molecule has 0 aliphatic heterocycles. The first-order valence-electron chi connectivity index (χ1n) is 6.35.